The number of ether oxygens (including phenoxy) is 1. The van der Waals surface area contributed by atoms with E-state index in [1.54, 1.807) is 0 Å². The summed E-state index contributed by atoms with van der Waals surface area (Å²) in [6.07, 6.45) is 0.203. The lowest BCUT2D eigenvalue weighted by Crippen LogP contribution is -2.50. The van der Waals surface area contributed by atoms with Gasteiger partial charge in [-0.25, -0.2) is 4.79 Å². The standard InChI is InChI=1S/C14H23N3O4/c1-10(2)5-11(6-13(18)19)8-16-14(20)17-3-4-21-12(7-15)9-17/h10-12H,3-6,8-9H2,1-2H3,(H,16,20)(H,18,19). The highest BCUT2D eigenvalue weighted by Gasteiger charge is 2.24. The van der Waals surface area contributed by atoms with Gasteiger partial charge in [-0.3, -0.25) is 4.79 Å². The fourth-order valence-electron chi connectivity index (χ4n) is 2.41. The molecule has 0 aromatic carbocycles. The molecule has 1 fully saturated rings. The summed E-state index contributed by atoms with van der Waals surface area (Å²) in [5.41, 5.74) is 0. The van der Waals surface area contributed by atoms with Crippen molar-refractivity contribution in [2.24, 2.45) is 11.8 Å². The molecule has 21 heavy (non-hydrogen) atoms. The van der Waals surface area contributed by atoms with Gasteiger partial charge in [0.15, 0.2) is 6.10 Å². The maximum Gasteiger partial charge on any atom is 0.317 e. The molecule has 1 heterocycles. The number of carboxylic acid groups (broad SMARTS) is 1. The molecule has 1 aliphatic rings. The SMILES string of the molecule is CC(C)CC(CNC(=O)N1CCOC(C#N)C1)CC(=O)O. The number of urea groups is 1. The molecule has 1 rings (SSSR count). The van der Waals surface area contributed by atoms with E-state index in [4.69, 9.17) is 15.1 Å². The fraction of sp³-hybridized carbons (Fsp3) is 0.786. The van der Waals surface area contributed by atoms with Crippen molar-refractivity contribution in [1.82, 2.24) is 10.2 Å². The van der Waals surface area contributed by atoms with Crippen LogP contribution in [0.1, 0.15) is 26.7 Å². The van der Waals surface area contributed by atoms with Gasteiger partial charge in [-0.05, 0) is 18.3 Å². The Kier molecular flexibility index (Phi) is 6.96. The quantitative estimate of drug-likeness (QED) is 0.763. The molecule has 1 saturated heterocycles. The van der Waals surface area contributed by atoms with Gasteiger partial charge in [0.05, 0.1) is 19.2 Å². The molecule has 2 amide bonds. The number of rotatable bonds is 6. The van der Waals surface area contributed by atoms with Gasteiger partial charge in [0.2, 0.25) is 0 Å². The molecule has 0 radical (unpaired) electrons. The van der Waals surface area contributed by atoms with E-state index < -0.39 is 12.1 Å². The van der Waals surface area contributed by atoms with E-state index in [0.717, 1.165) is 6.42 Å². The van der Waals surface area contributed by atoms with Gasteiger partial charge < -0.3 is 20.1 Å². The third-order valence-electron chi connectivity index (χ3n) is 3.31. The summed E-state index contributed by atoms with van der Waals surface area (Å²) in [5, 5.41) is 20.5. The highest BCUT2D eigenvalue weighted by Crippen LogP contribution is 2.15. The van der Waals surface area contributed by atoms with Crippen LogP contribution in [0.15, 0.2) is 0 Å². The minimum atomic E-state index is -0.856. The van der Waals surface area contributed by atoms with Crippen LogP contribution in [-0.4, -0.2) is 54.4 Å². The smallest absolute Gasteiger partial charge is 0.317 e. The minimum absolute atomic E-state index is 0.0440. The van der Waals surface area contributed by atoms with E-state index in [1.807, 2.05) is 19.9 Å². The summed E-state index contributed by atoms with van der Waals surface area (Å²) in [7, 11) is 0. The second-order valence-electron chi connectivity index (χ2n) is 5.71. The number of carbonyl (C=O) groups is 2. The fourth-order valence-corrected chi connectivity index (χ4v) is 2.41. The van der Waals surface area contributed by atoms with Gasteiger partial charge in [0.25, 0.3) is 0 Å². The molecule has 0 bridgehead atoms. The number of morpholine rings is 1. The first-order valence-electron chi connectivity index (χ1n) is 7.18. The first kappa shape index (κ1) is 17.2. The lowest BCUT2D eigenvalue weighted by molar-refractivity contribution is -0.138. The Morgan fingerprint density at radius 3 is 2.81 bits per heavy atom. The second-order valence-corrected chi connectivity index (χ2v) is 5.71. The number of carbonyl (C=O) groups excluding carboxylic acids is 1. The molecule has 7 heteroatoms. The van der Waals surface area contributed by atoms with Crippen LogP contribution in [0.4, 0.5) is 4.79 Å². The van der Waals surface area contributed by atoms with Gasteiger partial charge in [-0.15, -0.1) is 0 Å². The summed E-state index contributed by atoms with van der Waals surface area (Å²) >= 11 is 0. The number of nitriles is 1. The predicted molar refractivity (Wildman–Crippen MR) is 75.5 cm³/mol. The largest absolute Gasteiger partial charge is 0.481 e. The zero-order valence-corrected chi connectivity index (χ0v) is 12.5. The van der Waals surface area contributed by atoms with Crippen LogP contribution < -0.4 is 5.32 Å². The van der Waals surface area contributed by atoms with Gasteiger partial charge >= 0.3 is 12.0 Å². The van der Waals surface area contributed by atoms with Crippen LogP contribution in [0.2, 0.25) is 0 Å². The summed E-state index contributed by atoms with van der Waals surface area (Å²) in [5.74, 6) is -0.567. The maximum absolute atomic E-state index is 12.0. The topological polar surface area (TPSA) is 103 Å². The minimum Gasteiger partial charge on any atom is -0.481 e. The molecule has 0 aromatic rings. The average Bonchev–Trinajstić information content (AvgIpc) is 2.43. The summed E-state index contributed by atoms with van der Waals surface area (Å²) in [4.78, 5) is 24.4. The first-order chi connectivity index (χ1) is 9.92. The van der Waals surface area contributed by atoms with E-state index in [0.29, 0.717) is 25.6 Å². The van der Waals surface area contributed by atoms with Crippen molar-refractivity contribution in [3.05, 3.63) is 0 Å². The number of carboxylic acids is 1. The summed E-state index contributed by atoms with van der Waals surface area (Å²) < 4.78 is 5.18. The average molecular weight is 297 g/mol. The lowest BCUT2D eigenvalue weighted by Gasteiger charge is -2.30. The molecule has 7 nitrogen and oxygen atoms in total. The second kappa shape index (κ2) is 8.47. The van der Waals surface area contributed by atoms with Gasteiger partial charge in [0.1, 0.15) is 0 Å². The highest BCUT2D eigenvalue weighted by atomic mass is 16.5. The summed E-state index contributed by atoms with van der Waals surface area (Å²) in [6.45, 7) is 5.41. The van der Waals surface area contributed by atoms with E-state index in [-0.39, 0.29) is 24.9 Å². The number of amides is 2. The first-order valence-corrected chi connectivity index (χ1v) is 7.18. The molecular weight excluding hydrogens is 274 g/mol. The van der Waals surface area contributed by atoms with Crippen LogP contribution in [0, 0.1) is 23.2 Å². The van der Waals surface area contributed by atoms with Crippen LogP contribution in [0.5, 0.6) is 0 Å². The summed E-state index contributed by atoms with van der Waals surface area (Å²) in [6, 6.07) is 1.72. The molecule has 2 unspecified atom stereocenters. The van der Waals surface area contributed by atoms with Crippen molar-refractivity contribution in [2.45, 2.75) is 32.8 Å². The van der Waals surface area contributed by atoms with Crippen molar-refractivity contribution < 1.29 is 19.4 Å². The van der Waals surface area contributed by atoms with Crippen molar-refractivity contribution in [1.29, 1.82) is 5.26 Å². The molecule has 2 atom stereocenters. The Hall–Kier alpha value is -1.81. The van der Waals surface area contributed by atoms with Crippen molar-refractivity contribution in [2.75, 3.05) is 26.2 Å². The number of nitrogens with one attached hydrogen (secondary N) is 1. The van der Waals surface area contributed by atoms with Crippen LogP contribution in [0.25, 0.3) is 0 Å². The molecule has 2 N–H and O–H groups in total. The van der Waals surface area contributed by atoms with E-state index in [1.165, 1.54) is 4.90 Å². The Balaban J connectivity index is 2.45. The molecule has 0 spiro atoms. The number of hydrogen-bond donors (Lipinski definition) is 2. The Bertz CT molecular complexity index is 406. The van der Waals surface area contributed by atoms with Crippen LogP contribution in [-0.2, 0) is 9.53 Å². The Morgan fingerprint density at radius 1 is 1.52 bits per heavy atom. The number of nitrogens with zero attached hydrogens (tertiary/aromatic N) is 2. The normalized spacial score (nSPS) is 19.9. The lowest BCUT2D eigenvalue weighted by atomic mass is 9.94. The van der Waals surface area contributed by atoms with Crippen molar-refractivity contribution >= 4 is 12.0 Å². The third-order valence-corrected chi connectivity index (χ3v) is 3.31. The zero-order chi connectivity index (χ0) is 15.8. The number of aliphatic carboxylic acids is 1. The Morgan fingerprint density at radius 2 is 2.24 bits per heavy atom. The molecule has 0 aliphatic carbocycles. The van der Waals surface area contributed by atoms with E-state index >= 15 is 0 Å². The molecule has 1 aliphatic heterocycles. The van der Waals surface area contributed by atoms with Crippen molar-refractivity contribution in [3.8, 4) is 6.07 Å². The zero-order valence-electron chi connectivity index (χ0n) is 12.5. The van der Waals surface area contributed by atoms with Crippen molar-refractivity contribution in [3.63, 3.8) is 0 Å². The molecule has 0 aromatic heterocycles. The van der Waals surface area contributed by atoms with Crippen LogP contribution >= 0.6 is 0 Å². The monoisotopic (exact) mass is 297 g/mol. The van der Waals surface area contributed by atoms with Gasteiger partial charge in [-0.1, -0.05) is 13.8 Å². The van der Waals surface area contributed by atoms with Gasteiger partial charge in [-0.2, -0.15) is 5.26 Å². The molecule has 118 valence electrons. The molecule has 0 saturated carbocycles. The Labute approximate surface area is 124 Å². The number of hydrogen-bond acceptors (Lipinski definition) is 4. The maximum atomic E-state index is 12.0. The van der Waals surface area contributed by atoms with Crippen LogP contribution in [0.3, 0.4) is 0 Å². The van der Waals surface area contributed by atoms with Gasteiger partial charge in [0, 0.05) is 19.5 Å². The van der Waals surface area contributed by atoms with E-state index in [2.05, 4.69) is 5.32 Å². The highest BCUT2D eigenvalue weighted by molar-refractivity contribution is 5.74. The molecular formula is C14H23N3O4. The van der Waals surface area contributed by atoms with E-state index in [9.17, 15) is 9.59 Å². The third kappa shape index (κ3) is 6.45. The predicted octanol–water partition coefficient (Wildman–Crippen LogP) is 1.06.